The fourth-order valence-corrected chi connectivity index (χ4v) is 3.11. The smallest absolute Gasteiger partial charge is 0.335 e. The van der Waals surface area contributed by atoms with E-state index in [4.69, 9.17) is 4.98 Å². The minimum Gasteiger partial charge on any atom is -0.478 e. The lowest BCUT2D eigenvalue weighted by Gasteiger charge is -2.19. The molecule has 1 aromatic heterocycles. The van der Waals surface area contributed by atoms with Gasteiger partial charge in [0.2, 0.25) is 0 Å². The lowest BCUT2D eigenvalue weighted by Crippen LogP contribution is -2.11. The Morgan fingerprint density at radius 3 is 2.67 bits per heavy atom. The van der Waals surface area contributed by atoms with Crippen LogP contribution >= 0.6 is 11.8 Å². The molecule has 2 aromatic rings. The number of hydrogen-bond donors (Lipinski definition) is 1. The third-order valence-corrected chi connectivity index (χ3v) is 4.30. The number of carboxylic acid groups (broad SMARTS) is 1. The van der Waals surface area contributed by atoms with Gasteiger partial charge in [-0.1, -0.05) is 13.8 Å². The van der Waals surface area contributed by atoms with Crippen molar-refractivity contribution in [1.29, 1.82) is 0 Å². The van der Waals surface area contributed by atoms with Gasteiger partial charge in [-0.2, -0.15) is 11.8 Å². The summed E-state index contributed by atoms with van der Waals surface area (Å²) in [5, 5.41) is 9.20. The summed E-state index contributed by atoms with van der Waals surface area (Å²) in [6, 6.07) is 5.48. The molecule has 0 aliphatic carbocycles. The number of nitrogens with zero attached hydrogens (tertiary/aromatic N) is 2. The Kier molecular flexibility index (Phi) is 4.93. The lowest BCUT2D eigenvalue weighted by atomic mass is 10.1. The van der Waals surface area contributed by atoms with Crippen LogP contribution in [0.4, 0.5) is 0 Å². The summed E-state index contributed by atoms with van der Waals surface area (Å²) < 4.78 is 2.21. The highest BCUT2D eigenvalue weighted by Crippen LogP contribution is 2.28. The number of benzene rings is 1. The number of rotatable bonds is 6. The molecule has 2 rings (SSSR count). The quantitative estimate of drug-likeness (QED) is 0.870. The molecule has 1 atom stereocenters. The van der Waals surface area contributed by atoms with Crippen LogP contribution in [0.25, 0.3) is 11.0 Å². The highest BCUT2D eigenvalue weighted by atomic mass is 32.2. The number of hydrogen-bond acceptors (Lipinski definition) is 3. The first-order valence-electron chi connectivity index (χ1n) is 7.19. The van der Waals surface area contributed by atoms with E-state index in [0.29, 0.717) is 17.5 Å². The molecule has 1 heterocycles. The molecule has 0 aliphatic rings. The van der Waals surface area contributed by atoms with E-state index >= 15 is 0 Å². The van der Waals surface area contributed by atoms with E-state index < -0.39 is 5.97 Å². The molecular weight excluding hydrogens is 284 g/mol. The largest absolute Gasteiger partial charge is 0.478 e. The Morgan fingerprint density at radius 1 is 1.38 bits per heavy atom. The van der Waals surface area contributed by atoms with E-state index in [0.717, 1.165) is 29.0 Å². The van der Waals surface area contributed by atoms with Crippen molar-refractivity contribution in [3.05, 3.63) is 29.6 Å². The van der Waals surface area contributed by atoms with Crippen molar-refractivity contribution in [2.24, 2.45) is 0 Å². The maximum Gasteiger partial charge on any atom is 0.335 e. The Balaban J connectivity index is 2.58. The van der Waals surface area contributed by atoms with Gasteiger partial charge in [-0.05, 0) is 43.6 Å². The molecule has 0 fully saturated rings. The first-order chi connectivity index (χ1) is 9.95. The van der Waals surface area contributed by atoms with Gasteiger partial charge >= 0.3 is 5.97 Å². The van der Waals surface area contributed by atoms with Crippen molar-refractivity contribution >= 4 is 28.8 Å². The van der Waals surface area contributed by atoms with Crippen LogP contribution in [-0.4, -0.2) is 32.6 Å². The van der Waals surface area contributed by atoms with Crippen molar-refractivity contribution in [2.75, 3.05) is 12.0 Å². The summed E-state index contributed by atoms with van der Waals surface area (Å²) in [6.45, 7) is 6.42. The van der Waals surface area contributed by atoms with Crippen molar-refractivity contribution in [1.82, 2.24) is 9.55 Å². The average molecular weight is 306 g/mol. The van der Waals surface area contributed by atoms with Crippen molar-refractivity contribution in [2.45, 2.75) is 39.2 Å². The molecule has 1 N–H and O–H groups in total. The maximum absolute atomic E-state index is 11.2. The molecule has 0 spiro atoms. The third-order valence-electron chi connectivity index (χ3n) is 3.66. The molecule has 5 heteroatoms. The molecule has 1 unspecified atom stereocenters. The second-order valence-electron chi connectivity index (χ2n) is 5.63. The Morgan fingerprint density at radius 2 is 2.10 bits per heavy atom. The van der Waals surface area contributed by atoms with E-state index in [-0.39, 0.29) is 0 Å². The molecule has 114 valence electrons. The molecule has 21 heavy (non-hydrogen) atoms. The van der Waals surface area contributed by atoms with Gasteiger partial charge in [0.25, 0.3) is 0 Å². The molecule has 1 aromatic carbocycles. The summed E-state index contributed by atoms with van der Waals surface area (Å²) in [4.78, 5) is 15.9. The van der Waals surface area contributed by atoms with Gasteiger partial charge in [0, 0.05) is 12.0 Å². The third kappa shape index (κ3) is 3.23. The van der Waals surface area contributed by atoms with Gasteiger partial charge in [0.15, 0.2) is 0 Å². The van der Waals surface area contributed by atoms with Crippen molar-refractivity contribution in [3.8, 4) is 0 Å². The van der Waals surface area contributed by atoms with Gasteiger partial charge in [-0.15, -0.1) is 0 Å². The van der Waals surface area contributed by atoms with Gasteiger partial charge in [-0.3, -0.25) is 0 Å². The number of fused-ring (bicyclic) bond motifs is 1. The summed E-state index contributed by atoms with van der Waals surface area (Å²) >= 11 is 1.83. The standard InChI is InChI=1S/C16H22N2O2S/c1-10(2)15-17-13-6-5-12(16(19)20)9-14(13)18(15)11(3)7-8-21-4/h5-6,9-11H,7-8H2,1-4H3,(H,19,20). The number of imidazole rings is 1. The highest BCUT2D eigenvalue weighted by Gasteiger charge is 2.19. The average Bonchev–Trinajstić information content (AvgIpc) is 2.83. The van der Waals surface area contributed by atoms with E-state index in [1.807, 2.05) is 17.8 Å². The molecule has 0 bridgehead atoms. The van der Waals surface area contributed by atoms with Crippen LogP contribution in [0.15, 0.2) is 18.2 Å². The summed E-state index contributed by atoms with van der Waals surface area (Å²) in [7, 11) is 0. The zero-order valence-corrected chi connectivity index (χ0v) is 13.8. The number of carbonyl (C=O) groups is 1. The van der Waals surface area contributed by atoms with E-state index in [1.54, 1.807) is 12.1 Å². The second-order valence-corrected chi connectivity index (χ2v) is 6.62. The van der Waals surface area contributed by atoms with Crippen LogP contribution < -0.4 is 0 Å². The number of aromatic carboxylic acids is 1. The zero-order valence-electron chi connectivity index (χ0n) is 13.0. The molecule has 4 nitrogen and oxygen atoms in total. The highest BCUT2D eigenvalue weighted by molar-refractivity contribution is 7.98. The predicted molar refractivity (Wildman–Crippen MR) is 88.5 cm³/mol. The molecule has 0 radical (unpaired) electrons. The maximum atomic E-state index is 11.2. The minimum atomic E-state index is -0.896. The van der Waals surface area contributed by atoms with Crippen LogP contribution in [0.5, 0.6) is 0 Å². The summed E-state index contributed by atoms with van der Waals surface area (Å²) in [5.41, 5.74) is 2.11. The van der Waals surface area contributed by atoms with Crippen LogP contribution in [0.2, 0.25) is 0 Å². The molecule has 0 saturated carbocycles. The lowest BCUT2D eigenvalue weighted by molar-refractivity contribution is 0.0697. The van der Waals surface area contributed by atoms with Gasteiger partial charge in [0.1, 0.15) is 5.82 Å². The molecule has 0 saturated heterocycles. The Hall–Kier alpha value is -1.49. The first kappa shape index (κ1) is 15.9. The topological polar surface area (TPSA) is 55.1 Å². The molecule has 0 aliphatic heterocycles. The van der Waals surface area contributed by atoms with Crippen LogP contribution in [0, 0.1) is 0 Å². The van der Waals surface area contributed by atoms with Crippen molar-refractivity contribution in [3.63, 3.8) is 0 Å². The number of carboxylic acids is 1. The normalized spacial score (nSPS) is 13.0. The second kappa shape index (κ2) is 6.52. The number of aromatic nitrogens is 2. The van der Waals surface area contributed by atoms with Gasteiger partial charge in [0.05, 0.1) is 16.6 Å². The molecular formula is C16H22N2O2S. The first-order valence-corrected chi connectivity index (χ1v) is 8.59. The monoisotopic (exact) mass is 306 g/mol. The Labute approximate surface area is 129 Å². The van der Waals surface area contributed by atoms with E-state index in [9.17, 15) is 9.90 Å². The van der Waals surface area contributed by atoms with Crippen LogP contribution in [0.3, 0.4) is 0 Å². The summed E-state index contributed by atoms with van der Waals surface area (Å²) in [6.07, 6.45) is 3.15. The fraction of sp³-hybridized carbons (Fsp3) is 0.500. The SMILES string of the molecule is CSCCC(C)n1c(C(C)C)nc2ccc(C(=O)O)cc21. The van der Waals surface area contributed by atoms with Gasteiger partial charge in [-0.25, -0.2) is 9.78 Å². The van der Waals surface area contributed by atoms with E-state index in [1.165, 1.54) is 0 Å². The predicted octanol–water partition coefficient (Wildman–Crippen LogP) is 4.17. The van der Waals surface area contributed by atoms with Crippen LogP contribution in [0.1, 0.15) is 55.3 Å². The van der Waals surface area contributed by atoms with E-state index in [2.05, 4.69) is 31.6 Å². The number of thioether (sulfide) groups is 1. The summed E-state index contributed by atoms with van der Waals surface area (Å²) in [5.74, 6) is 1.52. The van der Waals surface area contributed by atoms with Crippen molar-refractivity contribution < 1.29 is 9.90 Å². The molecule has 0 amide bonds. The fourth-order valence-electron chi connectivity index (χ4n) is 2.53. The zero-order chi connectivity index (χ0) is 15.6. The van der Waals surface area contributed by atoms with Crippen LogP contribution in [-0.2, 0) is 0 Å². The van der Waals surface area contributed by atoms with Gasteiger partial charge < -0.3 is 9.67 Å². The minimum absolute atomic E-state index is 0.308. The Bertz CT molecular complexity index is 649.